The van der Waals surface area contributed by atoms with Crippen LogP contribution in [0.4, 0.5) is 10.5 Å². The van der Waals surface area contributed by atoms with Crippen molar-refractivity contribution in [3.8, 4) is 0 Å². The number of aliphatic hydroxyl groups is 1. The van der Waals surface area contributed by atoms with Crippen molar-refractivity contribution in [2.75, 3.05) is 25.0 Å². The highest BCUT2D eigenvalue weighted by atomic mass is 16.6. The van der Waals surface area contributed by atoms with Gasteiger partial charge >= 0.3 is 6.09 Å². The molecule has 0 spiro atoms. The molecule has 1 unspecified atom stereocenters. The first kappa shape index (κ1) is 18.5. The first-order valence-corrected chi connectivity index (χ1v) is 8.83. The molecule has 0 aliphatic carbocycles. The smallest absolute Gasteiger partial charge is 0.410 e. The van der Waals surface area contributed by atoms with E-state index in [9.17, 15) is 9.90 Å². The molecule has 0 radical (unpaired) electrons. The summed E-state index contributed by atoms with van der Waals surface area (Å²) < 4.78 is 5.41. The molecule has 1 amide bonds. The van der Waals surface area contributed by atoms with E-state index in [1.807, 2.05) is 46.9 Å². The first-order valence-electron chi connectivity index (χ1n) is 8.83. The molecule has 0 saturated carbocycles. The quantitative estimate of drug-likeness (QED) is 0.731. The second kappa shape index (κ2) is 6.48. The molecule has 142 valence electrons. The lowest BCUT2D eigenvalue weighted by molar-refractivity contribution is 0.00853. The number of nitrogens with zero attached hydrogens (tertiary/aromatic N) is 2. The third kappa shape index (κ3) is 3.50. The van der Waals surface area contributed by atoms with Gasteiger partial charge in [-0.1, -0.05) is 6.07 Å². The predicted octanol–water partition coefficient (Wildman–Crippen LogP) is 2.48. The molecular formula is C19H28N4O3. The van der Waals surface area contributed by atoms with Gasteiger partial charge in [0.1, 0.15) is 11.8 Å². The van der Waals surface area contributed by atoms with Gasteiger partial charge in [0.2, 0.25) is 0 Å². The summed E-state index contributed by atoms with van der Waals surface area (Å²) in [5.41, 5.74) is 8.77. The van der Waals surface area contributed by atoms with Gasteiger partial charge < -0.3 is 30.4 Å². The number of benzene rings is 1. The molecule has 3 rings (SSSR count). The molecule has 1 aromatic carbocycles. The van der Waals surface area contributed by atoms with E-state index in [1.54, 1.807) is 4.90 Å². The number of likely N-dealkylation sites (tertiary alicyclic amines) is 1. The van der Waals surface area contributed by atoms with Crippen molar-refractivity contribution in [3.05, 3.63) is 29.5 Å². The lowest BCUT2D eigenvalue weighted by Crippen LogP contribution is -2.61. The van der Waals surface area contributed by atoms with Crippen LogP contribution in [0, 0.1) is 6.92 Å². The second-order valence-electron chi connectivity index (χ2n) is 8.01. The number of aromatic amines is 1. The number of aliphatic hydroxyl groups excluding tert-OH is 1. The summed E-state index contributed by atoms with van der Waals surface area (Å²) in [6.45, 7) is 8.82. The summed E-state index contributed by atoms with van der Waals surface area (Å²) in [7, 11) is 2.02. The first-order chi connectivity index (χ1) is 12.1. The summed E-state index contributed by atoms with van der Waals surface area (Å²) in [6, 6.07) is 6.09. The fourth-order valence-electron chi connectivity index (χ4n) is 3.29. The highest BCUT2D eigenvalue weighted by Crippen LogP contribution is 2.33. The Balaban J connectivity index is 1.77. The van der Waals surface area contributed by atoms with Gasteiger partial charge in [-0.15, -0.1) is 0 Å². The minimum atomic E-state index is -1.03. The Bertz CT molecular complexity index is 816. The number of nitrogens with one attached hydrogen (secondary N) is 1. The summed E-state index contributed by atoms with van der Waals surface area (Å²) in [6.07, 6.45) is -1.30. The Labute approximate surface area is 153 Å². The van der Waals surface area contributed by atoms with Gasteiger partial charge in [-0.2, -0.15) is 0 Å². The van der Waals surface area contributed by atoms with Crippen LogP contribution < -0.4 is 10.6 Å². The zero-order chi connectivity index (χ0) is 19.2. The molecule has 7 nitrogen and oxygen atoms in total. The lowest BCUT2D eigenvalue weighted by Gasteiger charge is -2.45. The molecule has 0 bridgehead atoms. The number of aryl methyl sites for hydroxylation is 1. The molecule has 1 fully saturated rings. The lowest BCUT2D eigenvalue weighted by atomic mass is 10.0. The number of H-pyrrole nitrogens is 1. The van der Waals surface area contributed by atoms with E-state index >= 15 is 0 Å². The van der Waals surface area contributed by atoms with Crippen molar-refractivity contribution in [1.82, 2.24) is 9.88 Å². The molecule has 26 heavy (non-hydrogen) atoms. The average molecular weight is 360 g/mol. The average Bonchev–Trinajstić information content (AvgIpc) is 2.82. The standard InChI is InChI=1S/C19H28N4O3/c1-11-8-14-15(7-6-13(17(20)24)16(14)21-11)22(5)12-9-23(10-12)18(25)26-19(2,3)4/h6-8,12,17,21,24H,9-10,20H2,1-5H3. The number of anilines is 1. The number of rotatable bonds is 3. The molecule has 1 aliphatic rings. The number of aromatic nitrogens is 1. The number of amides is 1. The molecule has 7 heteroatoms. The molecule has 1 saturated heterocycles. The van der Waals surface area contributed by atoms with Crippen LogP contribution in [0.5, 0.6) is 0 Å². The van der Waals surface area contributed by atoms with Crippen LogP contribution in [0.15, 0.2) is 18.2 Å². The maximum absolute atomic E-state index is 12.1. The molecular weight excluding hydrogens is 332 g/mol. The van der Waals surface area contributed by atoms with Crippen molar-refractivity contribution in [1.29, 1.82) is 0 Å². The number of hydrogen-bond acceptors (Lipinski definition) is 5. The number of ether oxygens (including phenoxy) is 1. The highest BCUT2D eigenvalue weighted by molar-refractivity contribution is 5.95. The van der Waals surface area contributed by atoms with Gasteiger partial charge in [-0.3, -0.25) is 0 Å². The Morgan fingerprint density at radius 3 is 2.65 bits per heavy atom. The summed E-state index contributed by atoms with van der Waals surface area (Å²) in [4.78, 5) is 19.3. The Morgan fingerprint density at radius 1 is 1.42 bits per heavy atom. The number of carbonyl (C=O) groups is 1. The van der Waals surface area contributed by atoms with Crippen LogP contribution in [0.3, 0.4) is 0 Å². The van der Waals surface area contributed by atoms with Gasteiger partial charge in [0.25, 0.3) is 0 Å². The molecule has 4 N–H and O–H groups in total. The fraction of sp³-hybridized carbons (Fsp3) is 0.526. The Morgan fingerprint density at radius 2 is 2.08 bits per heavy atom. The highest BCUT2D eigenvalue weighted by Gasteiger charge is 2.36. The largest absolute Gasteiger partial charge is 0.444 e. The Kier molecular flexibility index (Phi) is 4.62. The van der Waals surface area contributed by atoms with Crippen molar-refractivity contribution >= 4 is 22.7 Å². The summed E-state index contributed by atoms with van der Waals surface area (Å²) >= 11 is 0. The molecule has 2 heterocycles. The van der Waals surface area contributed by atoms with Crippen LogP contribution in [0.1, 0.15) is 38.3 Å². The number of carbonyl (C=O) groups excluding carboxylic acids is 1. The van der Waals surface area contributed by atoms with E-state index in [4.69, 9.17) is 10.5 Å². The fourth-order valence-corrected chi connectivity index (χ4v) is 3.29. The SMILES string of the molecule is Cc1cc2c(N(C)C3CN(C(=O)OC(C)(C)C)C3)ccc(C(N)O)c2[nH]1. The molecule has 1 aromatic heterocycles. The van der Waals surface area contributed by atoms with Gasteiger partial charge in [0, 0.05) is 42.5 Å². The van der Waals surface area contributed by atoms with E-state index in [0.29, 0.717) is 18.7 Å². The number of fused-ring (bicyclic) bond motifs is 1. The zero-order valence-electron chi connectivity index (χ0n) is 16.0. The molecule has 1 atom stereocenters. The maximum Gasteiger partial charge on any atom is 0.410 e. The second-order valence-corrected chi connectivity index (χ2v) is 8.01. The van der Waals surface area contributed by atoms with Gasteiger partial charge in [0.15, 0.2) is 0 Å². The van der Waals surface area contributed by atoms with Crippen molar-refractivity contribution in [2.45, 2.75) is 45.6 Å². The van der Waals surface area contributed by atoms with E-state index in [0.717, 1.165) is 22.3 Å². The van der Waals surface area contributed by atoms with E-state index in [-0.39, 0.29) is 12.1 Å². The van der Waals surface area contributed by atoms with E-state index in [2.05, 4.69) is 16.0 Å². The third-order valence-corrected chi connectivity index (χ3v) is 4.70. The third-order valence-electron chi connectivity index (χ3n) is 4.70. The Hall–Kier alpha value is -2.25. The van der Waals surface area contributed by atoms with E-state index in [1.165, 1.54) is 0 Å². The van der Waals surface area contributed by atoms with Crippen molar-refractivity contribution in [2.24, 2.45) is 5.73 Å². The predicted molar refractivity (Wildman–Crippen MR) is 102 cm³/mol. The van der Waals surface area contributed by atoms with Crippen molar-refractivity contribution < 1.29 is 14.6 Å². The minimum Gasteiger partial charge on any atom is -0.444 e. The zero-order valence-corrected chi connectivity index (χ0v) is 16.0. The van der Waals surface area contributed by atoms with Crippen LogP contribution in [-0.2, 0) is 4.74 Å². The molecule has 1 aliphatic heterocycles. The van der Waals surface area contributed by atoms with Crippen molar-refractivity contribution in [3.63, 3.8) is 0 Å². The topological polar surface area (TPSA) is 94.8 Å². The minimum absolute atomic E-state index is 0.217. The van der Waals surface area contributed by atoms with Gasteiger partial charge in [-0.05, 0) is 39.8 Å². The van der Waals surface area contributed by atoms with Gasteiger partial charge in [0.05, 0.1) is 11.6 Å². The summed E-state index contributed by atoms with van der Waals surface area (Å²) in [5.74, 6) is 0. The number of nitrogens with two attached hydrogens (primary N) is 1. The number of hydrogen-bond donors (Lipinski definition) is 3. The normalized spacial score (nSPS) is 16.5. The maximum atomic E-state index is 12.1. The van der Waals surface area contributed by atoms with Crippen LogP contribution >= 0.6 is 0 Å². The molecule has 2 aromatic rings. The van der Waals surface area contributed by atoms with Crippen LogP contribution in [0.25, 0.3) is 10.9 Å². The number of likely N-dealkylation sites (N-methyl/N-ethyl adjacent to an activating group) is 1. The van der Waals surface area contributed by atoms with Gasteiger partial charge in [-0.25, -0.2) is 4.79 Å². The van der Waals surface area contributed by atoms with E-state index < -0.39 is 11.8 Å². The van der Waals surface area contributed by atoms with Crippen LogP contribution in [0.2, 0.25) is 0 Å². The summed E-state index contributed by atoms with van der Waals surface area (Å²) in [5, 5.41) is 10.8. The monoisotopic (exact) mass is 360 g/mol. The van der Waals surface area contributed by atoms with Crippen LogP contribution in [-0.4, -0.2) is 52.9 Å².